The van der Waals surface area contributed by atoms with Gasteiger partial charge in [0.05, 0.1) is 12.2 Å². The molecule has 0 heterocycles. The summed E-state index contributed by atoms with van der Waals surface area (Å²) in [6.07, 6.45) is 10.9. The predicted molar refractivity (Wildman–Crippen MR) is 165 cm³/mol. The molecule has 0 amide bonds. The average Bonchev–Trinajstić information content (AvgIpc) is 3.46. The number of rotatable bonds is 5. The highest BCUT2D eigenvalue weighted by Crippen LogP contribution is 2.69. The van der Waals surface area contributed by atoms with E-state index in [9.17, 15) is 5.11 Å². The van der Waals surface area contributed by atoms with Gasteiger partial charge in [-0.15, -0.1) is 0 Å². The van der Waals surface area contributed by atoms with Gasteiger partial charge in [0.2, 0.25) is 0 Å². The third kappa shape index (κ3) is 5.40. The lowest BCUT2D eigenvalue weighted by Gasteiger charge is -2.66. The first kappa shape index (κ1) is 30.8. The molecule has 4 saturated carbocycles. The first-order valence-corrected chi connectivity index (χ1v) is 21.8. The first-order chi connectivity index (χ1) is 17.4. The molecule has 5 heteroatoms. The molecule has 218 valence electrons. The molecule has 4 fully saturated rings. The smallest absolute Gasteiger partial charge is 0.193 e. The van der Waals surface area contributed by atoms with E-state index in [1.807, 2.05) is 0 Å². The molecular formula is C33H60O3Si2. The summed E-state index contributed by atoms with van der Waals surface area (Å²) in [6, 6.07) is 0. The van der Waals surface area contributed by atoms with Gasteiger partial charge in [0.15, 0.2) is 16.6 Å². The van der Waals surface area contributed by atoms with Crippen molar-refractivity contribution in [3.05, 3.63) is 0 Å². The summed E-state index contributed by atoms with van der Waals surface area (Å²) in [5, 5.41) is 11.5. The normalized spacial score (nSPS) is 37.5. The van der Waals surface area contributed by atoms with Crippen LogP contribution in [0, 0.1) is 46.8 Å². The Kier molecular flexibility index (Phi) is 8.61. The second-order valence-corrected chi connectivity index (χ2v) is 26.2. The summed E-state index contributed by atoms with van der Waals surface area (Å²) in [5.41, 5.74) is 0.134. The van der Waals surface area contributed by atoms with E-state index in [1.54, 1.807) is 0 Å². The van der Waals surface area contributed by atoms with Crippen molar-refractivity contribution in [3.63, 3.8) is 0 Å². The molecule has 0 radical (unpaired) electrons. The topological polar surface area (TPSA) is 38.7 Å². The van der Waals surface area contributed by atoms with Crippen LogP contribution >= 0.6 is 0 Å². The van der Waals surface area contributed by atoms with Crippen LogP contribution in [0.3, 0.4) is 0 Å². The van der Waals surface area contributed by atoms with Crippen LogP contribution in [0.4, 0.5) is 0 Å². The lowest BCUT2D eigenvalue weighted by Crippen LogP contribution is -2.65. The van der Waals surface area contributed by atoms with Crippen LogP contribution in [0.5, 0.6) is 0 Å². The molecule has 8 atom stereocenters. The Balaban J connectivity index is 1.67. The summed E-state index contributed by atoms with van der Waals surface area (Å²) >= 11 is 0. The molecule has 1 spiro atoms. The zero-order chi connectivity index (χ0) is 28.3. The van der Waals surface area contributed by atoms with E-state index < -0.39 is 16.6 Å². The molecule has 0 aromatic carbocycles. The van der Waals surface area contributed by atoms with Crippen molar-refractivity contribution in [2.24, 2.45) is 35.0 Å². The van der Waals surface area contributed by atoms with Crippen molar-refractivity contribution in [1.29, 1.82) is 0 Å². The van der Waals surface area contributed by atoms with Gasteiger partial charge in [0, 0.05) is 11.3 Å². The molecule has 0 bridgehead atoms. The van der Waals surface area contributed by atoms with E-state index >= 15 is 0 Å². The van der Waals surface area contributed by atoms with Crippen molar-refractivity contribution in [3.8, 4) is 11.8 Å². The van der Waals surface area contributed by atoms with Crippen LogP contribution in [-0.4, -0.2) is 40.1 Å². The Morgan fingerprint density at radius 3 is 1.97 bits per heavy atom. The first-order valence-electron chi connectivity index (χ1n) is 16.0. The Hall–Kier alpha value is -0.126. The SMILES string of the molecule is CC1C2C(C#C[C@@H](O[Si](C)(C)C(C)(C)C)C3CCCC3)C(O[Si](C)(C)C(C)(C)C)CCC2C12CCCC2O. The van der Waals surface area contributed by atoms with Crippen LogP contribution in [0.1, 0.15) is 106 Å². The summed E-state index contributed by atoms with van der Waals surface area (Å²) in [6.45, 7) is 26.1. The minimum Gasteiger partial charge on any atom is -0.413 e. The summed E-state index contributed by atoms with van der Waals surface area (Å²) in [5.74, 6) is 10.3. The number of hydrogen-bond acceptors (Lipinski definition) is 3. The molecule has 4 aliphatic carbocycles. The maximum atomic E-state index is 11.1. The van der Waals surface area contributed by atoms with Crippen molar-refractivity contribution in [1.82, 2.24) is 0 Å². The lowest BCUT2D eigenvalue weighted by atomic mass is 9.40. The zero-order valence-electron chi connectivity index (χ0n) is 26.7. The molecule has 7 unspecified atom stereocenters. The van der Waals surface area contributed by atoms with Crippen molar-refractivity contribution in [2.75, 3.05) is 0 Å². The van der Waals surface area contributed by atoms with Gasteiger partial charge in [-0.1, -0.05) is 79.6 Å². The summed E-state index contributed by atoms with van der Waals surface area (Å²) in [7, 11) is -3.85. The van der Waals surface area contributed by atoms with Gasteiger partial charge in [-0.2, -0.15) is 0 Å². The molecule has 0 aromatic rings. The van der Waals surface area contributed by atoms with E-state index in [1.165, 1.54) is 44.9 Å². The van der Waals surface area contributed by atoms with Gasteiger partial charge in [-0.05, 0) is 98.5 Å². The zero-order valence-corrected chi connectivity index (χ0v) is 28.7. The molecule has 4 aliphatic rings. The Labute approximate surface area is 237 Å². The van der Waals surface area contributed by atoms with Crippen LogP contribution in [0.25, 0.3) is 0 Å². The molecule has 0 aromatic heterocycles. The third-order valence-electron chi connectivity index (χ3n) is 12.6. The number of aliphatic hydroxyl groups excluding tert-OH is 1. The predicted octanol–water partition coefficient (Wildman–Crippen LogP) is 8.78. The van der Waals surface area contributed by atoms with Gasteiger partial charge >= 0.3 is 0 Å². The lowest BCUT2D eigenvalue weighted by molar-refractivity contribution is -0.209. The molecule has 0 saturated heterocycles. The molecule has 3 nitrogen and oxygen atoms in total. The minimum atomic E-state index is -1.93. The third-order valence-corrected chi connectivity index (χ3v) is 21.5. The van der Waals surface area contributed by atoms with Gasteiger partial charge in [0.1, 0.15) is 6.10 Å². The van der Waals surface area contributed by atoms with Crippen molar-refractivity contribution < 1.29 is 14.0 Å². The maximum Gasteiger partial charge on any atom is 0.193 e. The quantitative estimate of drug-likeness (QED) is 0.270. The van der Waals surface area contributed by atoms with Gasteiger partial charge in [-0.3, -0.25) is 0 Å². The van der Waals surface area contributed by atoms with Crippen molar-refractivity contribution >= 4 is 16.6 Å². The Morgan fingerprint density at radius 1 is 0.842 bits per heavy atom. The number of fused-ring (bicyclic) bond motifs is 2. The van der Waals surface area contributed by atoms with E-state index in [0.717, 1.165) is 12.8 Å². The fraction of sp³-hybridized carbons (Fsp3) is 0.939. The standard InChI is InChI=1S/C33H60O3Si2/c1-23-30-25(18-20-27(24-15-12-13-16-24)35-37(8,9)31(2,3)4)28(36-38(10,11)32(5,6)7)21-19-26(30)33(23)22-14-17-29(33)34/h23-30,34H,12-17,19,21-22H2,1-11H3/t23?,25?,26?,27-,28?,29?,30?,33?/m1/s1. The molecular weight excluding hydrogens is 501 g/mol. The second kappa shape index (κ2) is 10.6. The van der Waals surface area contributed by atoms with E-state index in [2.05, 4.69) is 86.5 Å². The molecule has 38 heavy (non-hydrogen) atoms. The van der Waals surface area contributed by atoms with Crippen molar-refractivity contribution in [2.45, 2.75) is 161 Å². The average molecular weight is 561 g/mol. The fourth-order valence-electron chi connectivity index (χ4n) is 8.13. The largest absolute Gasteiger partial charge is 0.413 e. The Morgan fingerprint density at radius 2 is 1.45 bits per heavy atom. The minimum absolute atomic E-state index is 0.0497. The van der Waals surface area contributed by atoms with E-state index in [-0.39, 0.29) is 39.7 Å². The molecule has 0 aliphatic heterocycles. The number of aliphatic hydroxyl groups is 1. The monoisotopic (exact) mass is 560 g/mol. The Bertz CT molecular complexity index is 898. The van der Waals surface area contributed by atoms with Gasteiger partial charge in [0.25, 0.3) is 0 Å². The number of hydrogen-bond donors (Lipinski definition) is 1. The summed E-state index contributed by atoms with van der Waals surface area (Å²) < 4.78 is 14.3. The highest BCUT2D eigenvalue weighted by molar-refractivity contribution is 6.74. The van der Waals surface area contributed by atoms with Gasteiger partial charge in [-0.25, -0.2) is 0 Å². The van der Waals surface area contributed by atoms with Crippen LogP contribution in [0.2, 0.25) is 36.3 Å². The fourth-order valence-corrected chi connectivity index (χ4v) is 10.7. The van der Waals surface area contributed by atoms with E-state index in [4.69, 9.17) is 8.85 Å². The molecule has 4 rings (SSSR count). The van der Waals surface area contributed by atoms with Crippen LogP contribution < -0.4 is 0 Å². The highest BCUT2D eigenvalue weighted by Gasteiger charge is 2.67. The molecule has 1 N–H and O–H groups in total. The van der Waals surface area contributed by atoms with Crippen LogP contribution in [0.15, 0.2) is 0 Å². The summed E-state index contributed by atoms with van der Waals surface area (Å²) in [4.78, 5) is 0. The van der Waals surface area contributed by atoms with Crippen LogP contribution in [-0.2, 0) is 8.85 Å². The van der Waals surface area contributed by atoms with Gasteiger partial charge < -0.3 is 14.0 Å². The van der Waals surface area contributed by atoms with E-state index in [0.29, 0.717) is 23.7 Å². The highest BCUT2D eigenvalue weighted by atomic mass is 28.4. The maximum absolute atomic E-state index is 11.1. The second-order valence-electron chi connectivity index (χ2n) is 16.6.